The number of hydrogen-bond acceptors (Lipinski definition) is 7. The molecule has 10 heteroatoms. The quantitative estimate of drug-likeness (QED) is 0.336. The Balaban J connectivity index is 2.13. The van der Waals surface area contributed by atoms with E-state index in [-0.39, 0.29) is 22.8 Å². The smallest absolute Gasteiger partial charge is 0.338 e. The van der Waals surface area contributed by atoms with Crippen LogP contribution in [0.25, 0.3) is 10.2 Å². The maximum atomic E-state index is 13.1. The zero-order valence-corrected chi connectivity index (χ0v) is 20.4. The van der Waals surface area contributed by atoms with Gasteiger partial charge in [0.2, 0.25) is 0 Å². The number of aromatic nitrogens is 1. The Hall–Kier alpha value is -2.82. The summed E-state index contributed by atoms with van der Waals surface area (Å²) < 4.78 is 38.1. The molecule has 33 heavy (non-hydrogen) atoms. The zero-order valence-electron chi connectivity index (χ0n) is 18.7. The summed E-state index contributed by atoms with van der Waals surface area (Å²) in [6.07, 6.45) is 0. The third kappa shape index (κ3) is 5.58. The molecule has 0 aliphatic carbocycles. The van der Waals surface area contributed by atoms with Crippen molar-refractivity contribution >= 4 is 43.3 Å². The Bertz CT molecular complexity index is 1340. The molecular weight excluding hydrogens is 464 g/mol. The van der Waals surface area contributed by atoms with E-state index >= 15 is 0 Å². The second-order valence-corrected chi connectivity index (χ2v) is 10.2. The fourth-order valence-corrected chi connectivity index (χ4v) is 5.41. The lowest BCUT2D eigenvalue weighted by Gasteiger charge is -2.07. The average Bonchev–Trinajstić information content (AvgIpc) is 3.15. The lowest BCUT2D eigenvalue weighted by Crippen LogP contribution is -2.20. The molecule has 0 atom stereocenters. The first-order valence-electron chi connectivity index (χ1n) is 10.6. The van der Waals surface area contributed by atoms with E-state index in [1.807, 2.05) is 11.5 Å². The summed E-state index contributed by atoms with van der Waals surface area (Å²) in [5.74, 6) is -1.20. The Morgan fingerprint density at radius 1 is 1.06 bits per heavy atom. The second-order valence-electron chi connectivity index (χ2n) is 6.95. The van der Waals surface area contributed by atoms with Crippen molar-refractivity contribution < 1.29 is 27.5 Å². The van der Waals surface area contributed by atoms with Crippen LogP contribution in [0.4, 0.5) is 0 Å². The van der Waals surface area contributed by atoms with Crippen LogP contribution in [0.3, 0.4) is 0 Å². The molecule has 1 heterocycles. The molecule has 0 radical (unpaired) electrons. The predicted molar refractivity (Wildman–Crippen MR) is 126 cm³/mol. The molecule has 1 amide bonds. The summed E-state index contributed by atoms with van der Waals surface area (Å²) in [4.78, 5) is 29.8. The number of hydrogen-bond donors (Lipinski definition) is 0. The minimum absolute atomic E-state index is 0.0281. The first kappa shape index (κ1) is 24.8. The van der Waals surface area contributed by atoms with E-state index in [1.54, 1.807) is 37.3 Å². The van der Waals surface area contributed by atoms with Gasteiger partial charge in [0.05, 0.1) is 45.2 Å². The Morgan fingerprint density at radius 2 is 1.82 bits per heavy atom. The van der Waals surface area contributed by atoms with Gasteiger partial charge in [0.25, 0.3) is 5.91 Å². The number of carbonyl (C=O) groups is 2. The van der Waals surface area contributed by atoms with Crippen LogP contribution in [0.1, 0.15) is 41.5 Å². The summed E-state index contributed by atoms with van der Waals surface area (Å²) in [7, 11) is -3.59. The van der Waals surface area contributed by atoms with E-state index in [4.69, 9.17) is 9.47 Å². The molecule has 176 valence electrons. The van der Waals surface area contributed by atoms with Gasteiger partial charge in [0.1, 0.15) is 0 Å². The van der Waals surface area contributed by atoms with Crippen molar-refractivity contribution in [2.75, 3.05) is 25.6 Å². The molecule has 0 aliphatic heterocycles. The summed E-state index contributed by atoms with van der Waals surface area (Å²) >= 11 is 1.24. The lowest BCUT2D eigenvalue weighted by molar-refractivity contribution is 0.0526. The van der Waals surface area contributed by atoms with Crippen LogP contribution in [0, 0.1) is 0 Å². The largest absolute Gasteiger partial charge is 0.462 e. The number of nitrogens with zero attached hydrogens (tertiary/aromatic N) is 2. The van der Waals surface area contributed by atoms with Gasteiger partial charge >= 0.3 is 5.97 Å². The van der Waals surface area contributed by atoms with Crippen molar-refractivity contribution in [2.24, 2.45) is 4.99 Å². The summed E-state index contributed by atoms with van der Waals surface area (Å²) in [5.41, 5.74) is 1.22. The number of carbonyl (C=O) groups excluding carboxylic acids is 2. The highest BCUT2D eigenvalue weighted by molar-refractivity contribution is 7.91. The van der Waals surface area contributed by atoms with Gasteiger partial charge in [0.15, 0.2) is 14.6 Å². The van der Waals surface area contributed by atoms with E-state index in [0.717, 1.165) is 10.2 Å². The Morgan fingerprint density at radius 3 is 2.52 bits per heavy atom. The van der Waals surface area contributed by atoms with Crippen LogP contribution < -0.4 is 4.80 Å². The van der Waals surface area contributed by atoms with Crippen molar-refractivity contribution in [1.82, 2.24) is 4.57 Å². The van der Waals surface area contributed by atoms with E-state index in [0.29, 0.717) is 30.1 Å². The summed E-state index contributed by atoms with van der Waals surface area (Å²) in [5, 5.41) is 0. The number of ether oxygens (including phenoxy) is 2. The maximum Gasteiger partial charge on any atom is 0.338 e. The van der Waals surface area contributed by atoms with E-state index in [2.05, 4.69) is 4.99 Å². The average molecular weight is 491 g/mol. The molecule has 1 aromatic heterocycles. The number of fused-ring (bicyclic) bond motifs is 1. The molecule has 0 saturated carbocycles. The van der Waals surface area contributed by atoms with Crippen LogP contribution in [-0.2, 0) is 25.9 Å². The molecule has 8 nitrogen and oxygen atoms in total. The van der Waals surface area contributed by atoms with Gasteiger partial charge in [-0.15, -0.1) is 0 Å². The van der Waals surface area contributed by atoms with E-state index in [9.17, 15) is 18.0 Å². The second kappa shape index (κ2) is 10.9. The molecule has 0 unspecified atom stereocenters. The first-order valence-corrected chi connectivity index (χ1v) is 13.1. The van der Waals surface area contributed by atoms with Gasteiger partial charge in [-0.3, -0.25) is 4.79 Å². The van der Waals surface area contributed by atoms with Crippen LogP contribution in [0.5, 0.6) is 0 Å². The van der Waals surface area contributed by atoms with Crippen LogP contribution in [0.2, 0.25) is 0 Å². The number of esters is 1. The fourth-order valence-electron chi connectivity index (χ4n) is 3.23. The lowest BCUT2D eigenvalue weighted by atomic mass is 10.2. The number of sulfone groups is 1. The zero-order chi connectivity index (χ0) is 24.0. The van der Waals surface area contributed by atoms with Gasteiger partial charge < -0.3 is 14.0 Å². The number of thiazole rings is 1. The third-order valence-corrected chi connectivity index (χ3v) is 7.71. The molecule has 0 aliphatic rings. The molecule has 0 spiro atoms. The number of benzene rings is 2. The Kier molecular flexibility index (Phi) is 8.17. The Labute approximate surface area is 196 Å². The SMILES string of the molecule is CCOCCn1c(=NC(=O)c2ccccc2S(=O)(=O)CC)sc2cc(C(=O)OCC)ccc21. The molecule has 0 bridgehead atoms. The minimum atomic E-state index is -3.59. The van der Waals surface area contributed by atoms with Gasteiger partial charge in [-0.05, 0) is 44.2 Å². The van der Waals surface area contributed by atoms with Gasteiger partial charge in [0, 0.05) is 13.2 Å². The van der Waals surface area contributed by atoms with Gasteiger partial charge in [-0.1, -0.05) is 30.4 Å². The summed E-state index contributed by atoms with van der Waals surface area (Å²) in [6.45, 7) is 6.82. The summed E-state index contributed by atoms with van der Waals surface area (Å²) in [6, 6.07) is 11.2. The number of amides is 1. The van der Waals surface area contributed by atoms with Crippen LogP contribution in [0.15, 0.2) is 52.4 Å². The van der Waals surface area contributed by atoms with Crippen molar-refractivity contribution in [3.8, 4) is 0 Å². The third-order valence-electron chi connectivity index (χ3n) is 4.89. The highest BCUT2D eigenvalue weighted by atomic mass is 32.2. The first-order chi connectivity index (χ1) is 15.8. The highest BCUT2D eigenvalue weighted by Gasteiger charge is 2.21. The van der Waals surface area contributed by atoms with Crippen molar-refractivity contribution in [3.05, 3.63) is 58.4 Å². The fraction of sp³-hybridized carbons (Fsp3) is 0.348. The molecule has 0 N–H and O–H groups in total. The van der Waals surface area contributed by atoms with Gasteiger partial charge in [-0.2, -0.15) is 4.99 Å². The van der Waals surface area contributed by atoms with Crippen LogP contribution in [-0.4, -0.2) is 50.4 Å². The molecule has 3 rings (SSSR count). The molecule has 0 saturated heterocycles. The standard InChI is InChI=1S/C23H26N2O6S2/c1-4-30-14-13-25-18-12-11-16(22(27)31-5-2)15-19(18)32-23(25)24-21(26)17-9-7-8-10-20(17)33(28,29)6-3/h7-12,15H,4-6,13-14H2,1-3H3. The predicted octanol–water partition coefficient (Wildman–Crippen LogP) is 3.45. The van der Waals surface area contributed by atoms with Crippen LogP contribution >= 0.6 is 11.3 Å². The molecule has 0 fully saturated rings. The maximum absolute atomic E-state index is 13.1. The highest BCUT2D eigenvalue weighted by Crippen LogP contribution is 2.21. The van der Waals surface area contributed by atoms with Crippen molar-refractivity contribution in [2.45, 2.75) is 32.2 Å². The molecular formula is C23H26N2O6S2. The molecule has 3 aromatic rings. The van der Waals surface area contributed by atoms with Gasteiger partial charge in [-0.25, -0.2) is 13.2 Å². The van der Waals surface area contributed by atoms with Crippen molar-refractivity contribution in [1.29, 1.82) is 0 Å². The molecule has 2 aromatic carbocycles. The normalized spacial score (nSPS) is 12.3. The van der Waals surface area contributed by atoms with E-state index in [1.165, 1.54) is 30.4 Å². The minimum Gasteiger partial charge on any atom is -0.462 e. The topological polar surface area (TPSA) is 104 Å². The monoisotopic (exact) mass is 490 g/mol. The number of rotatable bonds is 9. The van der Waals surface area contributed by atoms with E-state index < -0.39 is 21.7 Å². The van der Waals surface area contributed by atoms with Crippen molar-refractivity contribution in [3.63, 3.8) is 0 Å².